The number of ketones is 1. The third kappa shape index (κ3) is 4.71. The van der Waals surface area contributed by atoms with Gasteiger partial charge in [0.25, 0.3) is 17.6 Å². The van der Waals surface area contributed by atoms with Crippen LogP contribution in [0.15, 0.2) is 18.2 Å². The first-order valence-corrected chi connectivity index (χ1v) is 10.8. The normalized spacial score (nSPS) is 20.7. The van der Waals surface area contributed by atoms with Crippen LogP contribution in [0.4, 0.5) is 10.1 Å². The Balaban J connectivity index is 1.83. The molecule has 7 nitrogen and oxygen atoms in total. The molecule has 1 fully saturated rings. The maximum atomic E-state index is 13.4. The van der Waals surface area contributed by atoms with Gasteiger partial charge in [0.1, 0.15) is 5.82 Å². The number of Topliss-reactive ketones (excluding diaryl/α,β-unsaturated/α-hetero) is 1. The Bertz CT molecular complexity index is 1090. The fraction of sp³-hybridized carbons (Fsp3) is 0.435. The van der Waals surface area contributed by atoms with E-state index >= 15 is 0 Å². The van der Waals surface area contributed by atoms with E-state index in [1.807, 2.05) is 6.92 Å². The summed E-state index contributed by atoms with van der Waals surface area (Å²) in [5.41, 5.74) is 1.01. The highest BCUT2D eigenvalue weighted by Crippen LogP contribution is 2.29. The van der Waals surface area contributed by atoms with Gasteiger partial charge >= 0.3 is 0 Å². The van der Waals surface area contributed by atoms with Crippen molar-refractivity contribution in [3.63, 3.8) is 0 Å². The zero-order valence-corrected chi connectivity index (χ0v) is 19.3. The predicted molar refractivity (Wildman–Crippen MR) is 120 cm³/mol. The average Bonchev–Trinajstić information content (AvgIpc) is 2.95. The second-order valence-corrected chi connectivity index (χ2v) is 9.06. The smallest absolute Gasteiger partial charge is 0.294 e. The molecule has 0 saturated heterocycles. The van der Waals surface area contributed by atoms with Gasteiger partial charge in [-0.15, -0.1) is 0 Å². The number of carbonyl (C=O) groups excluding carboxylic acids is 3. The number of aliphatic hydroxyl groups is 1. The second-order valence-electron chi connectivity index (χ2n) is 8.65. The minimum Gasteiger partial charge on any atom is -0.393 e. The highest BCUT2D eigenvalue weighted by atomic mass is 35.5. The quantitative estimate of drug-likeness (QED) is 0.465. The number of halogens is 2. The lowest BCUT2D eigenvalue weighted by Gasteiger charge is -2.36. The van der Waals surface area contributed by atoms with E-state index in [4.69, 9.17) is 11.6 Å². The maximum Gasteiger partial charge on any atom is 0.294 e. The average molecular weight is 464 g/mol. The molecule has 1 aromatic carbocycles. The van der Waals surface area contributed by atoms with Crippen molar-refractivity contribution in [2.24, 2.45) is 7.05 Å². The van der Waals surface area contributed by atoms with E-state index in [1.54, 1.807) is 20.9 Å². The Morgan fingerprint density at radius 1 is 1.22 bits per heavy atom. The van der Waals surface area contributed by atoms with Gasteiger partial charge in [-0.05, 0) is 70.2 Å². The lowest BCUT2D eigenvalue weighted by molar-refractivity contribution is -0.119. The molecule has 3 N–H and O–H groups in total. The summed E-state index contributed by atoms with van der Waals surface area (Å²) >= 11 is 5.78. The zero-order valence-electron chi connectivity index (χ0n) is 18.5. The summed E-state index contributed by atoms with van der Waals surface area (Å²) in [6, 6.07) is 3.82. The van der Waals surface area contributed by atoms with E-state index in [2.05, 4.69) is 10.6 Å². The van der Waals surface area contributed by atoms with Crippen LogP contribution in [0.2, 0.25) is 5.02 Å². The van der Waals surface area contributed by atoms with Crippen LogP contribution < -0.4 is 10.6 Å². The molecule has 0 spiro atoms. The zero-order chi connectivity index (χ0) is 23.8. The monoisotopic (exact) mass is 463 g/mol. The largest absolute Gasteiger partial charge is 0.393 e. The minimum atomic E-state index is -0.745. The van der Waals surface area contributed by atoms with E-state index in [0.717, 1.165) is 6.07 Å². The van der Waals surface area contributed by atoms with Gasteiger partial charge in [-0.1, -0.05) is 11.6 Å². The molecule has 1 heterocycles. The molecule has 3 rings (SSSR count). The lowest BCUT2D eigenvalue weighted by atomic mass is 9.82. The number of hydrogen-bond donors (Lipinski definition) is 3. The third-order valence-corrected chi connectivity index (χ3v) is 6.52. The van der Waals surface area contributed by atoms with Gasteiger partial charge in [0, 0.05) is 24.0 Å². The molecule has 1 aromatic heterocycles. The molecule has 172 valence electrons. The molecule has 2 amide bonds. The summed E-state index contributed by atoms with van der Waals surface area (Å²) in [4.78, 5) is 38.7. The van der Waals surface area contributed by atoms with E-state index < -0.39 is 29.0 Å². The Morgan fingerprint density at radius 3 is 2.44 bits per heavy atom. The van der Waals surface area contributed by atoms with Crippen molar-refractivity contribution in [1.82, 2.24) is 9.88 Å². The third-order valence-electron chi connectivity index (χ3n) is 6.23. The van der Waals surface area contributed by atoms with Crippen molar-refractivity contribution in [2.75, 3.05) is 5.32 Å². The predicted octanol–water partition coefficient (Wildman–Crippen LogP) is 3.68. The van der Waals surface area contributed by atoms with Gasteiger partial charge in [-0.3, -0.25) is 14.4 Å². The summed E-state index contributed by atoms with van der Waals surface area (Å²) in [5.74, 6) is -2.57. The highest BCUT2D eigenvalue weighted by molar-refractivity contribution is 6.43. The number of amides is 2. The lowest BCUT2D eigenvalue weighted by Crippen LogP contribution is -2.51. The van der Waals surface area contributed by atoms with Crippen LogP contribution in [-0.2, 0) is 11.8 Å². The van der Waals surface area contributed by atoms with Gasteiger partial charge in [0.05, 0.1) is 22.4 Å². The summed E-state index contributed by atoms with van der Waals surface area (Å²) in [5, 5.41) is 15.1. The summed E-state index contributed by atoms with van der Waals surface area (Å²) in [6.45, 7) is 5.15. The molecule has 9 heteroatoms. The van der Waals surface area contributed by atoms with Gasteiger partial charge in [0.2, 0.25) is 0 Å². The summed E-state index contributed by atoms with van der Waals surface area (Å²) in [6.07, 6.45) is 1.89. The van der Waals surface area contributed by atoms with E-state index in [9.17, 15) is 23.9 Å². The number of aliphatic hydroxyl groups excluding tert-OH is 1. The maximum absolute atomic E-state index is 13.4. The molecule has 1 aliphatic carbocycles. The number of carbonyl (C=O) groups is 3. The molecule has 0 unspecified atom stereocenters. The number of hydrogen-bond acceptors (Lipinski definition) is 4. The van der Waals surface area contributed by atoms with Crippen LogP contribution in [-0.4, -0.2) is 38.9 Å². The topological polar surface area (TPSA) is 100 Å². The van der Waals surface area contributed by atoms with Crippen molar-refractivity contribution in [3.8, 4) is 0 Å². The first-order valence-electron chi connectivity index (χ1n) is 10.4. The van der Waals surface area contributed by atoms with Crippen molar-refractivity contribution >= 4 is 34.9 Å². The Labute approximate surface area is 190 Å². The van der Waals surface area contributed by atoms with Gasteiger partial charge in [0.15, 0.2) is 0 Å². The minimum absolute atomic E-state index is 0.124. The van der Waals surface area contributed by atoms with Crippen molar-refractivity contribution in [2.45, 2.75) is 58.1 Å². The number of anilines is 1. The first-order chi connectivity index (χ1) is 14.9. The number of aromatic nitrogens is 1. The number of nitrogens with zero attached hydrogens (tertiary/aromatic N) is 1. The van der Waals surface area contributed by atoms with Gasteiger partial charge < -0.3 is 20.3 Å². The molecule has 0 atom stereocenters. The van der Waals surface area contributed by atoms with E-state index in [-0.39, 0.29) is 22.4 Å². The number of benzene rings is 1. The van der Waals surface area contributed by atoms with Crippen LogP contribution in [0.1, 0.15) is 64.7 Å². The number of rotatable bonds is 5. The fourth-order valence-electron chi connectivity index (χ4n) is 4.20. The molecule has 1 aliphatic rings. The molecule has 0 radical (unpaired) electrons. The van der Waals surface area contributed by atoms with Crippen LogP contribution in [0.3, 0.4) is 0 Å². The Morgan fingerprint density at radius 2 is 1.84 bits per heavy atom. The van der Waals surface area contributed by atoms with Crippen LogP contribution in [0, 0.1) is 19.7 Å². The van der Waals surface area contributed by atoms with Crippen molar-refractivity contribution in [3.05, 3.63) is 51.6 Å². The second kappa shape index (κ2) is 9.03. The van der Waals surface area contributed by atoms with Gasteiger partial charge in [-0.2, -0.15) is 0 Å². The molecule has 0 bridgehead atoms. The first kappa shape index (κ1) is 23.9. The molecule has 1 saturated carbocycles. The Hall–Kier alpha value is -2.71. The fourth-order valence-corrected chi connectivity index (χ4v) is 4.39. The SMILES string of the molecule is Cc1c(C(=O)Nc2ccc(F)c(Cl)c2)c(C)n(C)c1C(=O)C(=O)N[C@]1(C)CC[C@H](O)CC1. The summed E-state index contributed by atoms with van der Waals surface area (Å²) < 4.78 is 14.9. The number of nitrogens with one attached hydrogen (secondary N) is 2. The highest BCUT2D eigenvalue weighted by Gasteiger charge is 2.35. The van der Waals surface area contributed by atoms with Crippen molar-refractivity contribution < 1.29 is 23.9 Å². The van der Waals surface area contributed by atoms with Gasteiger partial charge in [-0.25, -0.2) is 4.39 Å². The van der Waals surface area contributed by atoms with Crippen LogP contribution >= 0.6 is 11.6 Å². The van der Waals surface area contributed by atoms with E-state index in [0.29, 0.717) is 42.6 Å². The van der Waals surface area contributed by atoms with Crippen LogP contribution in [0.25, 0.3) is 0 Å². The Kier molecular flexibility index (Phi) is 6.76. The standard InChI is InChI=1S/C23H27ClFN3O4/c1-12-18(21(31)26-14-5-6-17(25)16(24)11-14)13(2)28(4)19(12)20(30)22(32)27-23(3)9-7-15(29)8-10-23/h5-6,11,15,29H,7-10H2,1-4H3,(H,26,31)(H,27,32)/t15-,23+. The molecule has 0 aliphatic heterocycles. The molecule has 32 heavy (non-hydrogen) atoms. The molecular weight excluding hydrogens is 437 g/mol. The molecular formula is C23H27ClFN3O4. The molecule has 2 aromatic rings. The summed E-state index contributed by atoms with van der Waals surface area (Å²) in [7, 11) is 1.62. The van der Waals surface area contributed by atoms with Crippen molar-refractivity contribution in [1.29, 1.82) is 0 Å². The van der Waals surface area contributed by atoms with E-state index in [1.165, 1.54) is 16.7 Å². The van der Waals surface area contributed by atoms with Crippen LogP contribution in [0.5, 0.6) is 0 Å².